The van der Waals surface area contributed by atoms with Crippen molar-refractivity contribution in [1.82, 2.24) is 4.57 Å². The van der Waals surface area contributed by atoms with Gasteiger partial charge in [-0.25, -0.2) is 14.2 Å². The summed E-state index contributed by atoms with van der Waals surface area (Å²) in [6, 6.07) is 17.3. The molecule has 5 rings (SSSR count). The Hall–Kier alpha value is -4.10. The average Bonchev–Trinajstić information content (AvgIpc) is 3.28. The average molecular weight is 699 g/mol. The molecule has 0 spiro atoms. The van der Waals surface area contributed by atoms with Crippen LogP contribution in [-0.4, -0.2) is 30.2 Å². The van der Waals surface area contributed by atoms with E-state index in [1.54, 1.807) is 37.3 Å². The maximum atomic E-state index is 14.0. The molecule has 1 aliphatic heterocycles. The molecule has 0 fully saturated rings. The summed E-state index contributed by atoms with van der Waals surface area (Å²) >= 11 is 3.19. The van der Waals surface area contributed by atoms with Crippen molar-refractivity contribution in [2.75, 3.05) is 13.7 Å². The lowest BCUT2D eigenvalue weighted by Crippen LogP contribution is -2.40. The van der Waals surface area contributed by atoms with Crippen LogP contribution in [0, 0.1) is 9.39 Å². The number of nitrogens with zero attached hydrogens (tertiary/aromatic N) is 2. The van der Waals surface area contributed by atoms with Crippen molar-refractivity contribution in [1.29, 1.82) is 0 Å². The molecular weight excluding hydrogens is 674 g/mol. The van der Waals surface area contributed by atoms with Gasteiger partial charge < -0.3 is 14.2 Å². The molecular formula is C31H24FIN2O6S. The predicted molar refractivity (Wildman–Crippen MR) is 164 cm³/mol. The van der Waals surface area contributed by atoms with E-state index in [1.807, 2.05) is 52.9 Å². The minimum absolute atomic E-state index is 0.120. The third kappa shape index (κ3) is 5.79. The molecule has 4 aromatic rings. The fraction of sp³-hybridized carbons (Fsp3) is 0.161. The highest BCUT2D eigenvalue weighted by atomic mass is 127. The van der Waals surface area contributed by atoms with Gasteiger partial charge >= 0.3 is 11.9 Å². The second kappa shape index (κ2) is 12.4. The van der Waals surface area contributed by atoms with Crippen molar-refractivity contribution in [3.8, 4) is 11.5 Å². The van der Waals surface area contributed by atoms with E-state index in [0.29, 0.717) is 41.0 Å². The van der Waals surface area contributed by atoms with E-state index in [1.165, 1.54) is 30.7 Å². The van der Waals surface area contributed by atoms with Gasteiger partial charge in [-0.2, -0.15) is 0 Å². The number of ether oxygens (including phenoxy) is 3. The van der Waals surface area contributed by atoms with E-state index < -0.39 is 23.8 Å². The van der Waals surface area contributed by atoms with Gasteiger partial charge in [-0.15, -0.1) is 0 Å². The Bertz CT molecular complexity index is 1900. The fourth-order valence-corrected chi connectivity index (χ4v) is 6.35. The van der Waals surface area contributed by atoms with E-state index in [9.17, 15) is 18.8 Å². The number of benzene rings is 3. The van der Waals surface area contributed by atoms with Crippen LogP contribution in [0.2, 0.25) is 0 Å². The molecule has 0 amide bonds. The number of halogens is 2. The minimum atomic E-state index is -0.917. The SMILES string of the molecule is CCOC(=O)C1=C(c2ccccc2)N=c2s/c(=C\c3cc(I)c(OC(C)=O)c(OC)c3)c(=O)n2[C@H]1c1ccc(F)cc1. The Morgan fingerprint density at radius 2 is 1.83 bits per heavy atom. The van der Waals surface area contributed by atoms with Gasteiger partial charge in [0.25, 0.3) is 5.56 Å². The summed E-state index contributed by atoms with van der Waals surface area (Å²) in [4.78, 5) is 44.2. The molecule has 0 unspecified atom stereocenters. The van der Waals surface area contributed by atoms with Gasteiger partial charge in [0.15, 0.2) is 16.3 Å². The van der Waals surface area contributed by atoms with Crippen LogP contribution in [-0.2, 0) is 14.3 Å². The summed E-state index contributed by atoms with van der Waals surface area (Å²) in [6.45, 7) is 3.12. The van der Waals surface area contributed by atoms with E-state index in [2.05, 4.69) is 0 Å². The topological polar surface area (TPSA) is 96.2 Å². The lowest BCUT2D eigenvalue weighted by atomic mass is 9.93. The summed E-state index contributed by atoms with van der Waals surface area (Å²) in [5, 5.41) is 0. The van der Waals surface area contributed by atoms with Crippen LogP contribution in [0.4, 0.5) is 4.39 Å². The highest BCUT2D eigenvalue weighted by Gasteiger charge is 2.35. The number of esters is 2. The van der Waals surface area contributed by atoms with Gasteiger partial charge in [0.1, 0.15) is 5.82 Å². The van der Waals surface area contributed by atoms with Crippen LogP contribution in [0.15, 0.2) is 82.1 Å². The maximum absolute atomic E-state index is 14.0. The van der Waals surface area contributed by atoms with Crippen LogP contribution in [0.1, 0.15) is 36.6 Å². The highest BCUT2D eigenvalue weighted by molar-refractivity contribution is 14.1. The van der Waals surface area contributed by atoms with Gasteiger partial charge in [-0.3, -0.25) is 14.2 Å². The zero-order valence-corrected chi connectivity index (χ0v) is 25.7. The standard InChI is InChI=1S/C31H24FIN2O6S/c1-4-40-30(38)25-26(19-8-6-5-7-9-19)34-31-35(27(25)20-10-12-21(32)13-11-20)29(37)24(42-31)16-18-14-22(33)28(41-17(2)36)23(15-18)39-3/h5-16,27H,4H2,1-3H3/b24-16-/t27-/m0/s1. The molecule has 8 nitrogen and oxygen atoms in total. The molecule has 42 heavy (non-hydrogen) atoms. The molecule has 1 atom stereocenters. The first-order valence-electron chi connectivity index (χ1n) is 12.8. The minimum Gasteiger partial charge on any atom is -0.493 e. The van der Waals surface area contributed by atoms with Gasteiger partial charge in [0.2, 0.25) is 0 Å². The van der Waals surface area contributed by atoms with Gasteiger partial charge in [0, 0.05) is 12.5 Å². The molecule has 2 heterocycles. The summed E-state index contributed by atoms with van der Waals surface area (Å²) in [6.07, 6.45) is 1.68. The van der Waals surface area contributed by atoms with Gasteiger partial charge in [-0.1, -0.05) is 53.8 Å². The van der Waals surface area contributed by atoms with Crippen LogP contribution < -0.4 is 24.4 Å². The smallest absolute Gasteiger partial charge is 0.338 e. The Labute approximate surface area is 257 Å². The predicted octanol–water partition coefficient (Wildman–Crippen LogP) is 4.61. The van der Waals surface area contributed by atoms with Crippen LogP contribution in [0.5, 0.6) is 11.5 Å². The quantitative estimate of drug-likeness (QED) is 0.159. The molecule has 11 heteroatoms. The molecule has 0 saturated heterocycles. The molecule has 0 bridgehead atoms. The van der Waals surface area contributed by atoms with E-state index in [4.69, 9.17) is 19.2 Å². The number of rotatable bonds is 7. The fourth-order valence-electron chi connectivity index (χ4n) is 4.62. The lowest BCUT2D eigenvalue weighted by Gasteiger charge is -2.25. The zero-order valence-electron chi connectivity index (χ0n) is 22.7. The van der Waals surface area contributed by atoms with Crippen LogP contribution in [0.3, 0.4) is 0 Å². The van der Waals surface area contributed by atoms with E-state index >= 15 is 0 Å². The summed E-state index contributed by atoms with van der Waals surface area (Å²) in [7, 11) is 1.46. The Balaban J connectivity index is 1.78. The molecule has 0 aliphatic carbocycles. The van der Waals surface area contributed by atoms with Crippen LogP contribution in [0.25, 0.3) is 11.8 Å². The molecule has 0 N–H and O–H groups in total. The third-order valence-electron chi connectivity index (χ3n) is 6.35. The summed E-state index contributed by atoms with van der Waals surface area (Å²) in [5.41, 5.74) is 1.99. The van der Waals surface area contributed by atoms with Crippen molar-refractivity contribution in [3.63, 3.8) is 0 Å². The normalized spacial score (nSPS) is 14.7. The number of thiazole rings is 1. The lowest BCUT2D eigenvalue weighted by molar-refractivity contribution is -0.139. The molecule has 1 aliphatic rings. The molecule has 0 saturated carbocycles. The van der Waals surface area contributed by atoms with Crippen molar-refractivity contribution >= 4 is 57.6 Å². The first-order valence-corrected chi connectivity index (χ1v) is 14.7. The Morgan fingerprint density at radius 1 is 1.12 bits per heavy atom. The van der Waals surface area contributed by atoms with E-state index in [-0.39, 0.29) is 23.5 Å². The maximum Gasteiger partial charge on any atom is 0.338 e. The number of carbonyl (C=O) groups excluding carboxylic acids is 2. The largest absolute Gasteiger partial charge is 0.493 e. The number of fused-ring (bicyclic) bond motifs is 1. The van der Waals surface area contributed by atoms with Crippen molar-refractivity contribution < 1.29 is 28.2 Å². The Kier molecular flexibility index (Phi) is 8.69. The van der Waals surface area contributed by atoms with Gasteiger partial charge in [0.05, 0.1) is 39.1 Å². The van der Waals surface area contributed by atoms with Crippen LogP contribution >= 0.6 is 33.9 Å². The Morgan fingerprint density at radius 3 is 2.48 bits per heavy atom. The molecule has 214 valence electrons. The van der Waals surface area contributed by atoms with Crippen molar-refractivity contribution in [2.24, 2.45) is 4.99 Å². The van der Waals surface area contributed by atoms with Gasteiger partial charge in [-0.05, 0) is 71.0 Å². The zero-order chi connectivity index (χ0) is 30.0. The number of methoxy groups -OCH3 is 1. The first-order chi connectivity index (χ1) is 20.2. The number of aromatic nitrogens is 1. The second-order valence-corrected chi connectivity index (χ2v) is 11.3. The number of hydrogen-bond donors (Lipinski definition) is 0. The summed E-state index contributed by atoms with van der Waals surface area (Å²) in [5.74, 6) is -0.941. The molecule has 0 radical (unpaired) electrons. The summed E-state index contributed by atoms with van der Waals surface area (Å²) < 4.78 is 32.5. The van der Waals surface area contributed by atoms with Crippen molar-refractivity contribution in [2.45, 2.75) is 19.9 Å². The number of hydrogen-bond acceptors (Lipinski definition) is 8. The number of carbonyl (C=O) groups is 2. The third-order valence-corrected chi connectivity index (χ3v) is 8.14. The van der Waals surface area contributed by atoms with E-state index in [0.717, 1.165) is 11.3 Å². The highest BCUT2D eigenvalue weighted by Crippen LogP contribution is 2.36. The molecule has 1 aromatic heterocycles. The van der Waals surface area contributed by atoms with Crippen molar-refractivity contribution in [3.05, 3.63) is 118 Å². The second-order valence-electron chi connectivity index (χ2n) is 9.11. The monoisotopic (exact) mass is 698 g/mol. The first kappa shape index (κ1) is 29.4. The molecule has 3 aromatic carbocycles.